The maximum atomic E-state index is 13.2. The normalized spacial score (nSPS) is 15.2. The lowest BCUT2D eigenvalue weighted by Crippen LogP contribution is -2.48. The van der Waals surface area contributed by atoms with Gasteiger partial charge in [-0.25, -0.2) is 13.6 Å². The molecular weight excluding hydrogens is 298 g/mol. The van der Waals surface area contributed by atoms with E-state index in [4.69, 9.17) is 9.63 Å². The van der Waals surface area contributed by atoms with Crippen LogP contribution in [0.3, 0.4) is 0 Å². The van der Waals surface area contributed by atoms with Gasteiger partial charge < -0.3 is 19.4 Å². The van der Waals surface area contributed by atoms with Crippen molar-refractivity contribution < 1.29 is 23.2 Å². The zero-order chi connectivity index (χ0) is 15.7. The zero-order valence-electron chi connectivity index (χ0n) is 11.4. The molecular formula is C13H12F2N4O3. The van der Waals surface area contributed by atoms with Crippen molar-refractivity contribution >= 4 is 12.1 Å². The molecule has 9 heteroatoms. The molecule has 1 fully saturated rings. The van der Waals surface area contributed by atoms with Crippen LogP contribution >= 0.6 is 0 Å². The Morgan fingerprint density at radius 1 is 1.18 bits per heavy atom. The van der Waals surface area contributed by atoms with E-state index in [0.717, 1.165) is 12.1 Å². The maximum absolute atomic E-state index is 13.2. The first-order valence-electron chi connectivity index (χ1n) is 6.56. The van der Waals surface area contributed by atoms with Crippen LogP contribution in [0.2, 0.25) is 0 Å². The third kappa shape index (κ3) is 2.69. The average Bonchev–Trinajstić information content (AvgIpc) is 3.00. The van der Waals surface area contributed by atoms with Crippen molar-refractivity contribution in [1.82, 2.24) is 15.0 Å². The van der Waals surface area contributed by atoms with Crippen molar-refractivity contribution in [3.8, 4) is 11.4 Å². The predicted molar refractivity (Wildman–Crippen MR) is 71.5 cm³/mol. The van der Waals surface area contributed by atoms with Crippen LogP contribution in [0.4, 0.5) is 19.6 Å². The Bertz CT molecular complexity index is 698. The Kier molecular flexibility index (Phi) is 3.61. The van der Waals surface area contributed by atoms with Gasteiger partial charge >= 0.3 is 12.1 Å². The van der Waals surface area contributed by atoms with Gasteiger partial charge in [0.05, 0.1) is 0 Å². The number of hydrogen-bond acceptors (Lipinski definition) is 5. The quantitative estimate of drug-likeness (QED) is 0.911. The van der Waals surface area contributed by atoms with Gasteiger partial charge in [-0.05, 0) is 18.2 Å². The van der Waals surface area contributed by atoms with Crippen LogP contribution in [0.15, 0.2) is 22.7 Å². The van der Waals surface area contributed by atoms with Gasteiger partial charge in [-0.1, -0.05) is 5.16 Å². The highest BCUT2D eigenvalue weighted by molar-refractivity contribution is 5.65. The van der Waals surface area contributed by atoms with E-state index in [1.54, 1.807) is 4.90 Å². The largest absolute Gasteiger partial charge is 0.465 e. The van der Waals surface area contributed by atoms with Crippen molar-refractivity contribution in [3.63, 3.8) is 0 Å². The number of carbonyl (C=O) groups is 1. The number of rotatable bonds is 2. The minimum absolute atomic E-state index is 0.148. The van der Waals surface area contributed by atoms with Gasteiger partial charge in [-0.2, -0.15) is 4.98 Å². The number of hydrogen-bond donors (Lipinski definition) is 1. The lowest BCUT2D eigenvalue weighted by Gasteiger charge is -2.31. The monoisotopic (exact) mass is 310 g/mol. The van der Waals surface area contributed by atoms with Crippen LogP contribution in [-0.4, -0.2) is 52.4 Å². The SMILES string of the molecule is O=C(O)N1CCN(c2nc(-c3ccc(F)c(F)c3)no2)CC1. The molecule has 2 heterocycles. The first-order chi connectivity index (χ1) is 10.5. The molecule has 22 heavy (non-hydrogen) atoms. The summed E-state index contributed by atoms with van der Waals surface area (Å²) in [5.41, 5.74) is 0.304. The van der Waals surface area contributed by atoms with Gasteiger partial charge in [0.1, 0.15) is 0 Å². The molecule has 1 aromatic heterocycles. The average molecular weight is 310 g/mol. The van der Waals surface area contributed by atoms with Gasteiger partial charge in [-0.3, -0.25) is 0 Å². The van der Waals surface area contributed by atoms with Gasteiger partial charge in [0.15, 0.2) is 11.6 Å². The number of halogens is 2. The molecule has 0 atom stereocenters. The second kappa shape index (κ2) is 5.58. The molecule has 0 aliphatic carbocycles. The summed E-state index contributed by atoms with van der Waals surface area (Å²) in [4.78, 5) is 18.0. The molecule has 2 aromatic rings. The van der Waals surface area contributed by atoms with E-state index in [9.17, 15) is 13.6 Å². The van der Waals surface area contributed by atoms with Crippen LogP contribution < -0.4 is 4.90 Å². The van der Waals surface area contributed by atoms with E-state index in [2.05, 4.69) is 10.1 Å². The van der Waals surface area contributed by atoms with Crippen LogP contribution in [0.1, 0.15) is 0 Å². The smallest absolute Gasteiger partial charge is 0.407 e. The van der Waals surface area contributed by atoms with Crippen molar-refractivity contribution in [3.05, 3.63) is 29.8 Å². The zero-order valence-corrected chi connectivity index (χ0v) is 11.4. The summed E-state index contributed by atoms with van der Waals surface area (Å²) in [7, 11) is 0. The third-order valence-corrected chi connectivity index (χ3v) is 3.41. The van der Waals surface area contributed by atoms with E-state index in [1.807, 2.05) is 0 Å². The topological polar surface area (TPSA) is 82.7 Å². The fourth-order valence-electron chi connectivity index (χ4n) is 2.19. The molecule has 1 aliphatic rings. The van der Waals surface area contributed by atoms with Gasteiger partial charge in [0.25, 0.3) is 0 Å². The molecule has 1 saturated heterocycles. The summed E-state index contributed by atoms with van der Waals surface area (Å²) >= 11 is 0. The van der Waals surface area contributed by atoms with Crippen molar-refractivity contribution in [1.29, 1.82) is 0 Å². The Morgan fingerprint density at radius 3 is 2.55 bits per heavy atom. The molecule has 0 radical (unpaired) electrons. The molecule has 0 bridgehead atoms. The number of benzene rings is 1. The lowest BCUT2D eigenvalue weighted by atomic mass is 10.2. The first kappa shape index (κ1) is 14.2. The molecule has 116 valence electrons. The summed E-state index contributed by atoms with van der Waals surface area (Å²) in [5.74, 6) is -1.79. The van der Waals surface area contributed by atoms with E-state index >= 15 is 0 Å². The van der Waals surface area contributed by atoms with Gasteiger partial charge in [0, 0.05) is 31.7 Å². The van der Waals surface area contributed by atoms with Crippen LogP contribution in [0, 0.1) is 11.6 Å². The van der Waals surface area contributed by atoms with Gasteiger partial charge in [0.2, 0.25) is 5.82 Å². The highest BCUT2D eigenvalue weighted by atomic mass is 19.2. The number of anilines is 1. The lowest BCUT2D eigenvalue weighted by molar-refractivity contribution is 0.141. The van der Waals surface area contributed by atoms with E-state index in [1.165, 1.54) is 11.0 Å². The number of carboxylic acid groups (broad SMARTS) is 1. The summed E-state index contributed by atoms with van der Waals surface area (Å²) in [6.07, 6.45) is -0.965. The van der Waals surface area contributed by atoms with Crippen LogP contribution in [0.25, 0.3) is 11.4 Å². The molecule has 0 saturated carbocycles. The second-order valence-electron chi connectivity index (χ2n) is 4.79. The Hall–Kier alpha value is -2.71. The molecule has 7 nitrogen and oxygen atoms in total. The van der Waals surface area contributed by atoms with E-state index in [-0.39, 0.29) is 11.8 Å². The van der Waals surface area contributed by atoms with Crippen molar-refractivity contribution in [2.45, 2.75) is 0 Å². The molecule has 1 amide bonds. The highest BCUT2D eigenvalue weighted by Crippen LogP contribution is 2.22. The third-order valence-electron chi connectivity index (χ3n) is 3.41. The van der Waals surface area contributed by atoms with E-state index < -0.39 is 17.7 Å². The first-order valence-corrected chi connectivity index (χ1v) is 6.56. The van der Waals surface area contributed by atoms with Crippen molar-refractivity contribution in [2.75, 3.05) is 31.1 Å². The van der Waals surface area contributed by atoms with Gasteiger partial charge in [-0.15, -0.1) is 0 Å². The van der Waals surface area contributed by atoms with Crippen molar-refractivity contribution in [2.24, 2.45) is 0 Å². The molecule has 0 spiro atoms. The fraction of sp³-hybridized carbons (Fsp3) is 0.308. The number of piperazine rings is 1. The molecule has 1 N–H and O–H groups in total. The fourth-order valence-corrected chi connectivity index (χ4v) is 2.19. The molecule has 1 aromatic carbocycles. The second-order valence-corrected chi connectivity index (χ2v) is 4.79. The number of nitrogens with zero attached hydrogens (tertiary/aromatic N) is 4. The number of amides is 1. The molecule has 1 aliphatic heterocycles. The Morgan fingerprint density at radius 2 is 1.91 bits per heavy atom. The minimum Gasteiger partial charge on any atom is -0.465 e. The summed E-state index contributed by atoms with van der Waals surface area (Å²) < 4.78 is 31.2. The Balaban J connectivity index is 1.74. The highest BCUT2D eigenvalue weighted by Gasteiger charge is 2.24. The summed E-state index contributed by atoms with van der Waals surface area (Å²) in [6.45, 7) is 1.51. The Labute approximate surface area is 123 Å². The molecule has 0 unspecified atom stereocenters. The van der Waals surface area contributed by atoms with E-state index in [0.29, 0.717) is 31.7 Å². The maximum Gasteiger partial charge on any atom is 0.407 e. The minimum atomic E-state index is -0.987. The predicted octanol–water partition coefficient (Wildman–Crippen LogP) is 1.81. The standard InChI is InChI=1S/C13H12F2N4O3/c14-9-2-1-8(7-10(9)15)11-16-12(22-17-11)18-3-5-19(6-4-18)13(20)21/h1-2,7H,3-6H2,(H,20,21). The summed E-state index contributed by atoms with van der Waals surface area (Å²) in [5, 5.41) is 12.6. The number of aromatic nitrogens is 2. The molecule has 3 rings (SSSR count). The summed E-state index contributed by atoms with van der Waals surface area (Å²) in [6, 6.07) is 3.57. The van der Waals surface area contributed by atoms with Crippen LogP contribution in [0.5, 0.6) is 0 Å². The van der Waals surface area contributed by atoms with Crippen LogP contribution in [-0.2, 0) is 0 Å².